The molecule has 1 aliphatic rings. The number of benzene rings is 2. The first-order valence-corrected chi connectivity index (χ1v) is 11.2. The molecule has 1 aromatic heterocycles. The van der Waals surface area contributed by atoms with Crippen LogP contribution in [0.2, 0.25) is 0 Å². The Hall–Kier alpha value is -3.16. The standard InChI is InChI=1S/C21H20F2N4O3S/c1-2-26-19-11-15(30-21(22)23)7-10-17(19)18(12-24)20(26)13-3-5-14(6-4-13)27(25)31(28,29)16-8-9-16/h3-7,10-11,16,21H,2,8-9,25H2,1H3. The van der Waals surface area contributed by atoms with Gasteiger partial charge in [-0.3, -0.25) is 0 Å². The zero-order valence-electron chi connectivity index (χ0n) is 16.6. The molecule has 1 fully saturated rings. The van der Waals surface area contributed by atoms with E-state index in [0.29, 0.717) is 52.8 Å². The third-order valence-corrected chi connectivity index (χ3v) is 7.38. The van der Waals surface area contributed by atoms with Crippen molar-refractivity contribution in [2.24, 2.45) is 5.84 Å². The highest BCUT2D eigenvalue weighted by Gasteiger charge is 2.39. The molecule has 0 unspecified atom stereocenters. The summed E-state index contributed by atoms with van der Waals surface area (Å²) in [5, 5.41) is 9.97. The molecule has 7 nitrogen and oxygen atoms in total. The summed E-state index contributed by atoms with van der Waals surface area (Å²) in [7, 11) is -3.58. The Labute approximate surface area is 178 Å². The average Bonchev–Trinajstić information content (AvgIpc) is 3.56. The topological polar surface area (TPSA) is 101 Å². The highest BCUT2D eigenvalue weighted by atomic mass is 32.2. The summed E-state index contributed by atoms with van der Waals surface area (Å²) < 4.78 is 57.1. The summed E-state index contributed by atoms with van der Waals surface area (Å²) in [5.41, 5.74) is 2.58. The maximum Gasteiger partial charge on any atom is 0.387 e. The molecule has 1 heterocycles. The number of hydrogen-bond acceptors (Lipinski definition) is 5. The Morgan fingerprint density at radius 1 is 1.26 bits per heavy atom. The van der Waals surface area contributed by atoms with Crippen LogP contribution in [0.5, 0.6) is 5.75 Å². The van der Waals surface area contributed by atoms with E-state index < -0.39 is 21.9 Å². The van der Waals surface area contributed by atoms with Crippen molar-refractivity contribution in [3.05, 3.63) is 48.0 Å². The number of halogens is 2. The lowest BCUT2D eigenvalue weighted by atomic mass is 10.1. The number of hydrazine groups is 1. The number of alkyl halides is 2. The SMILES string of the molecule is CCn1c(-c2ccc(N(N)S(=O)(=O)C3CC3)cc2)c(C#N)c2ccc(OC(F)F)cc21. The van der Waals surface area contributed by atoms with Gasteiger partial charge in [-0.15, -0.1) is 0 Å². The first-order valence-electron chi connectivity index (χ1n) is 9.68. The Balaban J connectivity index is 1.79. The molecule has 4 rings (SSSR count). The maximum absolute atomic E-state index is 12.6. The van der Waals surface area contributed by atoms with Crippen molar-refractivity contribution in [3.8, 4) is 23.1 Å². The van der Waals surface area contributed by atoms with E-state index >= 15 is 0 Å². The van der Waals surface area contributed by atoms with Crippen LogP contribution in [0.25, 0.3) is 22.2 Å². The average molecular weight is 446 g/mol. The molecule has 0 bridgehead atoms. The first kappa shape index (κ1) is 21.1. The molecule has 2 aromatic carbocycles. The fraction of sp³-hybridized carbons (Fsp3) is 0.286. The number of nitriles is 1. The number of fused-ring (bicyclic) bond motifs is 1. The van der Waals surface area contributed by atoms with Crippen molar-refractivity contribution in [2.45, 2.75) is 38.2 Å². The van der Waals surface area contributed by atoms with Crippen LogP contribution < -0.4 is 15.0 Å². The van der Waals surface area contributed by atoms with Crippen LogP contribution in [-0.4, -0.2) is 24.8 Å². The number of sulfonamides is 1. The van der Waals surface area contributed by atoms with E-state index in [4.69, 9.17) is 5.84 Å². The highest BCUT2D eigenvalue weighted by Crippen LogP contribution is 2.37. The molecule has 0 atom stereocenters. The van der Waals surface area contributed by atoms with E-state index in [-0.39, 0.29) is 5.75 Å². The zero-order chi connectivity index (χ0) is 22.3. The fourth-order valence-electron chi connectivity index (χ4n) is 3.69. The monoisotopic (exact) mass is 446 g/mol. The summed E-state index contributed by atoms with van der Waals surface area (Å²) in [4.78, 5) is 0. The van der Waals surface area contributed by atoms with Crippen LogP contribution in [0, 0.1) is 11.3 Å². The summed E-state index contributed by atoms with van der Waals surface area (Å²) >= 11 is 0. The Morgan fingerprint density at radius 2 is 1.94 bits per heavy atom. The summed E-state index contributed by atoms with van der Waals surface area (Å²) in [5.74, 6) is 5.85. The van der Waals surface area contributed by atoms with Crippen molar-refractivity contribution in [1.82, 2.24) is 4.57 Å². The lowest BCUT2D eigenvalue weighted by molar-refractivity contribution is -0.0497. The first-order chi connectivity index (χ1) is 14.8. The normalized spacial score (nSPS) is 14.1. The molecule has 0 radical (unpaired) electrons. The molecule has 0 aliphatic heterocycles. The van der Waals surface area contributed by atoms with Gasteiger partial charge in [-0.1, -0.05) is 12.1 Å². The number of rotatable bonds is 7. The molecule has 0 amide bonds. The minimum atomic E-state index is -3.58. The molecule has 1 saturated carbocycles. The van der Waals surface area contributed by atoms with Crippen molar-refractivity contribution >= 4 is 26.6 Å². The minimum absolute atomic E-state index is 0.00476. The van der Waals surface area contributed by atoms with Gasteiger partial charge in [0.1, 0.15) is 11.8 Å². The van der Waals surface area contributed by atoms with Crippen LogP contribution in [0.15, 0.2) is 42.5 Å². The smallest absolute Gasteiger partial charge is 0.387 e. The van der Waals surface area contributed by atoms with Gasteiger partial charge in [-0.2, -0.15) is 14.0 Å². The molecule has 162 valence electrons. The maximum atomic E-state index is 12.6. The minimum Gasteiger partial charge on any atom is -0.435 e. The van der Waals surface area contributed by atoms with Crippen molar-refractivity contribution in [3.63, 3.8) is 0 Å². The van der Waals surface area contributed by atoms with Gasteiger partial charge < -0.3 is 9.30 Å². The van der Waals surface area contributed by atoms with Crippen LogP contribution in [0.4, 0.5) is 14.5 Å². The quantitative estimate of drug-likeness (QED) is 0.437. The number of nitrogens with zero attached hydrogens (tertiary/aromatic N) is 3. The predicted octanol–water partition coefficient (Wildman–Crippen LogP) is 3.97. The molecule has 0 saturated heterocycles. The van der Waals surface area contributed by atoms with Gasteiger partial charge in [-0.05, 0) is 49.6 Å². The number of nitrogens with two attached hydrogens (primary N) is 1. The van der Waals surface area contributed by atoms with Gasteiger partial charge in [0.25, 0.3) is 10.0 Å². The zero-order valence-corrected chi connectivity index (χ0v) is 17.4. The number of hydrogen-bond donors (Lipinski definition) is 1. The van der Waals surface area contributed by atoms with Crippen LogP contribution in [0.3, 0.4) is 0 Å². The van der Waals surface area contributed by atoms with E-state index in [0.717, 1.165) is 4.41 Å². The molecule has 31 heavy (non-hydrogen) atoms. The summed E-state index contributed by atoms with van der Waals surface area (Å²) in [6.45, 7) is -0.592. The number of ether oxygens (including phenoxy) is 1. The third-order valence-electron chi connectivity index (χ3n) is 5.30. The van der Waals surface area contributed by atoms with Gasteiger partial charge in [0.15, 0.2) is 0 Å². The predicted molar refractivity (Wildman–Crippen MR) is 113 cm³/mol. The van der Waals surface area contributed by atoms with E-state index in [1.54, 1.807) is 30.3 Å². The lowest BCUT2D eigenvalue weighted by Crippen LogP contribution is -2.39. The molecule has 0 spiro atoms. The second-order valence-corrected chi connectivity index (χ2v) is 9.31. The number of aromatic nitrogens is 1. The van der Waals surface area contributed by atoms with Crippen molar-refractivity contribution in [1.29, 1.82) is 5.26 Å². The molecule has 10 heteroatoms. The fourth-order valence-corrected chi connectivity index (χ4v) is 5.16. The molecular weight excluding hydrogens is 426 g/mol. The van der Waals surface area contributed by atoms with Crippen LogP contribution in [-0.2, 0) is 16.6 Å². The number of anilines is 1. The van der Waals surface area contributed by atoms with E-state index in [1.165, 1.54) is 12.1 Å². The molecule has 2 N–H and O–H groups in total. The van der Waals surface area contributed by atoms with Crippen molar-refractivity contribution in [2.75, 3.05) is 4.41 Å². The Morgan fingerprint density at radius 3 is 2.48 bits per heavy atom. The van der Waals surface area contributed by atoms with E-state index in [2.05, 4.69) is 10.8 Å². The van der Waals surface area contributed by atoms with E-state index in [1.807, 2.05) is 11.5 Å². The Kier molecular flexibility index (Phi) is 5.33. The molecule has 3 aromatic rings. The van der Waals surface area contributed by atoms with Gasteiger partial charge in [0.05, 0.1) is 27.7 Å². The molecule has 1 aliphatic carbocycles. The Bertz CT molecular complexity index is 1280. The van der Waals surface area contributed by atoms with Gasteiger partial charge >= 0.3 is 6.61 Å². The van der Waals surface area contributed by atoms with E-state index in [9.17, 15) is 22.5 Å². The van der Waals surface area contributed by atoms with Gasteiger partial charge in [0.2, 0.25) is 0 Å². The number of aryl methyl sites for hydroxylation is 1. The highest BCUT2D eigenvalue weighted by molar-refractivity contribution is 7.93. The van der Waals surface area contributed by atoms with Crippen molar-refractivity contribution < 1.29 is 21.9 Å². The summed E-state index contributed by atoms with van der Waals surface area (Å²) in [6, 6.07) is 13.2. The van der Waals surface area contributed by atoms with Gasteiger partial charge in [-0.25, -0.2) is 18.7 Å². The van der Waals surface area contributed by atoms with Crippen LogP contribution in [0.1, 0.15) is 25.3 Å². The van der Waals surface area contributed by atoms with Gasteiger partial charge in [0, 0.05) is 18.0 Å². The lowest BCUT2D eigenvalue weighted by Gasteiger charge is -2.19. The second kappa shape index (κ2) is 7.83. The second-order valence-electron chi connectivity index (χ2n) is 7.22. The van der Waals surface area contributed by atoms with Crippen LogP contribution >= 0.6 is 0 Å². The summed E-state index contributed by atoms with van der Waals surface area (Å²) in [6.07, 6.45) is 1.21. The third kappa shape index (κ3) is 3.71. The largest absolute Gasteiger partial charge is 0.435 e. The molecular formula is C21H20F2N4O3S.